The van der Waals surface area contributed by atoms with Gasteiger partial charge in [0, 0.05) is 63.1 Å². The molecule has 1 saturated heterocycles. The average Bonchev–Trinajstić information content (AvgIpc) is 3.45. The van der Waals surface area contributed by atoms with Crippen molar-refractivity contribution in [3.63, 3.8) is 0 Å². The minimum Gasteiger partial charge on any atom is -0.481 e. The van der Waals surface area contributed by atoms with Crippen LogP contribution in [-0.4, -0.2) is 93.1 Å². The first-order valence-electron chi connectivity index (χ1n) is 17.3. The van der Waals surface area contributed by atoms with E-state index in [-0.39, 0.29) is 63.6 Å². The summed E-state index contributed by atoms with van der Waals surface area (Å²) in [6.07, 6.45) is 3.89. The number of amides is 2. The Morgan fingerprint density at radius 2 is 1.87 bits per heavy atom. The molecule has 0 spiro atoms. The third kappa shape index (κ3) is 7.16. The number of aromatic nitrogens is 5. The molecule has 0 bridgehead atoms. The number of nitrogens with zero attached hydrogens (tertiary/aromatic N) is 6. The van der Waals surface area contributed by atoms with Crippen LogP contribution in [0.3, 0.4) is 0 Å². The maximum atomic E-state index is 14.2. The summed E-state index contributed by atoms with van der Waals surface area (Å²) in [7, 11) is 3.58. The number of anilines is 2. The van der Waals surface area contributed by atoms with Gasteiger partial charge in [0.15, 0.2) is 5.65 Å². The van der Waals surface area contributed by atoms with E-state index in [9.17, 15) is 32.7 Å². The van der Waals surface area contributed by atoms with Crippen LogP contribution in [0.5, 0.6) is 0 Å². The van der Waals surface area contributed by atoms with Crippen molar-refractivity contribution >= 4 is 40.6 Å². The smallest absolute Gasteiger partial charge is 0.418 e. The van der Waals surface area contributed by atoms with Crippen molar-refractivity contribution < 1.29 is 37.4 Å². The second-order valence-electron chi connectivity index (χ2n) is 14.2. The Morgan fingerprint density at radius 3 is 2.50 bits per heavy atom. The molecule has 2 amide bonds. The molecule has 3 aliphatic rings. The Kier molecular flexibility index (Phi) is 9.35. The van der Waals surface area contributed by atoms with Crippen LogP contribution in [-0.2, 0) is 15.7 Å². The fourth-order valence-electron chi connectivity index (χ4n) is 7.53. The lowest BCUT2D eigenvalue weighted by molar-refractivity contribution is -0.141. The van der Waals surface area contributed by atoms with E-state index in [0.717, 1.165) is 31.7 Å². The maximum Gasteiger partial charge on any atom is 0.418 e. The molecular formula is C36H39F3N8O5. The molecule has 3 N–H and O–H groups in total. The normalized spacial score (nSPS) is 18.6. The van der Waals surface area contributed by atoms with Crippen LogP contribution < -0.4 is 10.2 Å². The molecule has 4 aromatic rings. The number of aromatic amines is 1. The van der Waals surface area contributed by atoms with Crippen molar-refractivity contribution in [3.8, 4) is 11.3 Å². The van der Waals surface area contributed by atoms with E-state index in [2.05, 4.69) is 30.2 Å². The molecule has 5 heterocycles. The van der Waals surface area contributed by atoms with Gasteiger partial charge in [0.1, 0.15) is 11.2 Å². The second-order valence-corrected chi connectivity index (χ2v) is 14.2. The van der Waals surface area contributed by atoms with E-state index >= 15 is 0 Å². The molecule has 1 aliphatic heterocycles. The van der Waals surface area contributed by atoms with Crippen LogP contribution in [0, 0.1) is 11.3 Å². The van der Waals surface area contributed by atoms with E-state index < -0.39 is 29.5 Å². The molecular weight excluding hydrogens is 681 g/mol. The van der Waals surface area contributed by atoms with Gasteiger partial charge in [-0.1, -0.05) is 12.8 Å². The summed E-state index contributed by atoms with van der Waals surface area (Å²) in [5.74, 6) is -2.72. The Morgan fingerprint density at radius 1 is 1.10 bits per heavy atom. The number of methoxy groups -OCH3 is 1. The second kappa shape index (κ2) is 13.8. The molecule has 274 valence electrons. The fraction of sp³-hybridized carbons (Fsp3) is 0.472. The highest BCUT2D eigenvalue weighted by Crippen LogP contribution is 2.46. The average molecular weight is 721 g/mol. The summed E-state index contributed by atoms with van der Waals surface area (Å²) in [5, 5.41) is 11.9. The number of fused-ring (bicyclic) bond motifs is 1. The lowest BCUT2D eigenvalue weighted by Gasteiger charge is -2.34. The number of carboxylic acids is 1. The number of alkyl halides is 3. The zero-order valence-electron chi connectivity index (χ0n) is 28.8. The number of aliphatic carboxylic acids is 1. The number of imidazole rings is 1. The van der Waals surface area contributed by atoms with Crippen molar-refractivity contribution in [2.24, 2.45) is 11.3 Å². The lowest BCUT2D eigenvalue weighted by Crippen LogP contribution is -2.37. The Hall–Kier alpha value is -5.12. The zero-order chi connectivity index (χ0) is 36.8. The summed E-state index contributed by atoms with van der Waals surface area (Å²) in [6, 6.07) is 5.66. The molecule has 0 aromatic carbocycles. The minimum absolute atomic E-state index is 0.00271. The van der Waals surface area contributed by atoms with E-state index in [1.165, 1.54) is 29.4 Å². The predicted octanol–water partition coefficient (Wildman–Crippen LogP) is 5.75. The Balaban J connectivity index is 1.18. The van der Waals surface area contributed by atoms with Crippen molar-refractivity contribution in [2.75, 3.05) is 50.6 Å². The highest BCUT2D eigenvalue weighted by molar-refractivity contribution is 6.03. The molecule has 3 fully saturated rings. The quantitative estimate of drug-likeness (QED) is 0.174. The van der Waals surface area contributed by atoms with E-state index in [1.807, 2.05) is 11.9 Å². The van der Waals surface area contributed by atoms with E-state index in [1.54, 1.807) is 13.2 Å². The number of hydrogen-bond acceptors (Lipinski definition) is 9. The highest BCUT2D eigenvalue weighted by atomic mass is 19.4. The van der Waals surface area contributed by atoms with Gasteiger partial charge in [-0.25, -0.2) is 4.98 Å². The largest absolute Gasteiger partial charge is 0.481 e. The first-order chi connectivity index (χ1) is 24.8. The number of halogens is 3. The van der Waals surface area contributed by atoms with Gasteiger partial charge in [0.25, 0.3) is 11.8 Å². The van der Waals surface area contributed by atoms with E-state index in [4.69, 9.17) is 4.74 Å². The lowest BCUT2D eigenvalue weighted by atomic mass is 9.86. The van der Waals surface area contributed by atoms with Crippen LogP contribution in [0.1, 0.15) is 83.0 Å². The number of likely N-dealkylation sites (tertiary alicyclic amines) is 1. The summed E-state index contributed by atoms with van der Waals surface area (Å²) < 4.78 is 48.2. The number of pyridine rings is 3. The van der Waals surface area contributed by atoms with Crippen molar-refractivity contribution in [3.05, 3.63) is 59.2 Å². The molecule has 7 rings (SSSR count). The molecule has 52 heavy (non-hydrogen) atoms. The van der Waals surface area contributed by atoms with Gasteiger partial charge in [0.05, 0.1) is 40.7 Å². The van der Waals surface area contributed by atoms with Crippen molar-refractivity contribution in [1.29, 1.82) is 0 Å². The van der Waals surface area contributed by atoms with Crippen molar-refractivity contribution in [2.45, 2.75) is 57.0 Å². The molecule has 2 aliphatic carbocycles. The van der Waals surface area contributed by atoms with Gasteiger partial charge < -0.3 is 24.6 Å². The van der Waals surface area contributed by atoms with Crippen LogP contribution >= 0.6 is 0 Å². The van der Waals surface area contributed by atoms with Crippen LogP contribution in [0.25, 0.3) is 22.4 Å². The maximum absolute atomic E-state index is 14.2. The Bertz CT molecular complexity index is 2010. The number of nitrogens with one attached hydrogen (secondary N) is 2. The zero-order valence-corrected chi connectivity index (χ0v) is 28.8. The summed E-state index contributed by atoms with van der Waals surface area (Å²) in [4.78, 5) is 61.6. The molecule has 16 heteroatoms. The van der Waals surface area contributed by atoms with Crippen LogP contribution in [0.4, 0.5) is 24.8 Å². The third-order valence-electron chi connectivity index (χ3n) is 10.3. The first-order valence-corrected chi connectivity index (χ1v) is 17.3. The van der Waals surface area contributed by atoms with Gasteiger partial charge >= 0.3 is 12.1 Å². The standard InChI is InChI=1S/C36H39F3N8O5/c1-46(18-35(19-52-2)10-3-4-11-35)27-14-26(23-13-24(36(37,38)39)28(41-16-23)20-5-6-20)42-30-29(27)43-34(44-30)45-31(48)25-8-7-21(15-40-25)32(49)47-12-9-22(17-47)33(50)51/h7-8,13-16,20,22H,3-6,9-12,17-19H2,1-2H3,(H,50,51)(H2,42,43,44,45,48). The number of carbonyl (C=O) groups is 3. The summed E-state index contributed by atoms with van der Waals surface area (Å²) in [6.45, 7) is 1.59. The van der Waals surface area contributed by atoms with Gasteiger partial charge in [-0.05, 0) is 56.4 Å². The number of H-pyrrole nitrogens is 1. The number of hydrogen-bond donors (Lipinski definition) is 3. The molecule has 1 unspecified atom stereocenters. The molecule has 0 radical (unpaired) electrons. The number of rotatable bonds is 11. The molecule has 4 aromatic heterocycles. The number of carbonyl (C=O) groups excluding carboxylic acids is 2. The van der Waals surface area contributed by atoms with Gasteiger partial charge in [-0.2, -0.15) is 18.2 Å². The summed E-state index contributed by atoms with van der Waals surface area (Å²) >= 11 is 0. The van der Waals surface area contributed by atoms with Crippen LogP contribution in [0.2, 0.25) is 0 Å². The fourth-order valence-corrected chi connectivity index (χ4v) is 7.53. The van der Waals surface area contributed by atoms with Gasteiger partial charge in [-0.15, -0.1) is 0 Å². The molecule has 13 nitrogen and oxygen atoms in total. The SMILES string of the molecule is COCC1(CN(C)c2cc(-c3cnc(C4CC4)c(C(F)(F)F)c3)nc3nc(NC(=O)c4ccc(C(=O)N5CCC(C(=O)O)C5)cn4)[nH]c23)CCCC1. The van der Waals surface area contributed by atoms with Gasteiger partial charge in [0.2, 0.25) is 5.95 Å². The van der Waals surface area contributed by atoms with Crippen LogP contribution in [0.15, 0.2) is 36.7 Å². The van der Waals surface area contributed by atoms with E-state index in [0.29, 0.717) is 50.2 Å². The number of ether oxygens (including phenoxy) is 1. The first kappa shape index (κ1) is 35.3. The predicted molar refractivity (Wildman–Crippen MR) is 184 cm³/mol. The highest BCUT2D eigenvalue weighted by Gasteiger charge is 2.40. The van der Waals surface area contributed by atoms with Crippen molar-refractivity contribution in [1.82, 2.24) is 29.8 Å². The number of carboxylic acid groups (broad SMARTS) is 1. The minimum atomic E-state index is -4.58. The summed E-state index contributed by atoms with van der Waals surface area (Å²) in [5.41, 5.74) is 1.12. The van der Waals surface area contributed by atoms with Gasteiger partial charge in [-0.3, -0.25) is 29.7 Å². The monoisotopic (exact) mass is 720 g/mol. The molecule has 2 saturated carbocycles. The third-order valence-corrected chi connectivity index (χ3v) is 10.3. The Labute approximate surface area is 297 Å². The topological polar surface area (TPSA) is 167 Å². The molecule has 1 atom stereocenters.